The maximum Gasteiger partial charge on any atom is 0.193 e. The number of hydrogen-bond donors (Lipinski definition) is 3. The van der Waals surface area contributed by atoms with E-state index in [0.717, 1.165) is 12.1 Å². The molecule has 0 aliphatic heterocycles. The Hall–Kier alpha value is -2.75. The average Bonchev–Trinajstić information content (AvgIpc) is 2.92. The van der Waals surface area contributed by atoms with Gasteiger partial charge in [-0.2, -0.15) is 0 Å². The van der Waals surface area contributed by atoms with E-state index in [1.807, 2.05) is 24.3 Å². The molecule has 1 aromatic heterocycles. The summed E-state index contributed by atoms with van der Waals surface area (Å²) in [6, 6.07) is 14.5. The minimum Gasteiger partial charge on any atom is -0.370 e. The lowest BCUT2D eigenvalue weighted by Crippen LogP contribution is -2.23. The molecule has 4 nitrogen and oxygen atoms in total. The predicted octanol–water partition coefficient (Wildman–Crippen LogP) is 3.75. The van der Waals surface area contributed by atoms with Crippen molar-refractivity contribution in [1.29, 1.82) is 0 Å². The van der Waals surface area contributed by atoms with E-state index in [-0.39, 0.29) is 0 Å². The number of aliphatic imine (C=N–C) groups is 1. The Kier molecular flexibility index (Phi) is 4.33. The Morgan fingerprint density at radius 2 is 1.83 bits per heavy atom. The van der Waals surface area contributed by atoms with Crippen LogP contribution in [0.2, 0.25) is 0 Å². The van der Waals surface area contributed by atoms with Gasteiger partial charge >= 0.3 is 0 Å². The molecule has 0 amide bonds. The fraction of sp³-hybridized carbons (Fsp3) is 0.211. The Bertz CT molecular complexity index is 828. The highest BCUT2D eigenvalue weighted by Gasteiger charge is 2.03. The molecule has 4 heteroatoms. The van der Waals surface area contributed by atoms with Gasteiger partial charge in [0.2, 0.25) is 0 Å². The standard InChI is InChI=1S/C19H22N4/c1-13-3-6-16(7-4-13)23-19(20)21-10-9-15-12-22-18-11-14(2)5-8-17(15)18/h3-8,11-12,22H,9-10H2,1-2H3,(H3,20,21,23). The van der Waals surface area contributed by atoms with Gasteiger partial charge in [-0.1, -0.05) is 29.8 Å². The molecule has 3 aromatic rings. The van der Waals surface area contributed by atoms with Crippen LogP contribution in [0.15, 0.2) is 53.7 Å². The molecule has 1 heterocycles. The van der Waals surface area contributed by atoms with E-state index in [0.29, 0.717) is 12.5 Å². The third kappa shape index (κ3) is 3.72. The van der Waals surface area contributed by atoms with Crippen LogP contribution in [0.3, 0.4) is 0 Å². The van der Waals surface area contributed by atoms with Crippen molar-refractivity contribution in [2.75, 3.05) is 11.9 Å². The zero-order valence-electron chi connectivity index (χ0n) is 13.6. The van der Waals surface area contributed by atoms with E-state index in [1.54, 1.807) is 0 Å². The number of guanidine groups is 1. The molecule has 0 spiro atoms. The number of fused-ring (bicyclic) bond motifs is 1. The zero-order valence-corrected chi connectivity index (χ0v) is 13.6. The number of nitrogens with two attached hydrogens (primary N) is 1. The second-order valence-corrected chi connectivity index (χ2v) is 5.87. The molecule has 0 saturated carbocycles. The maximum atomic E-state index is 5.95. The van der Waals surface area contributed by atoms with Crippen molar-refractivity contribution < 1.29 is 0 Å². The maximum absolute atomic E-state index is 5.95. The smallest absolute Gasteiger partial charge is 0.193 e. The van der Waals surface area contributed by atoms with Crippen molar-refractivity contribution in [1.82, 2.24) is 4.98 Å². The summed E-state index contributed by atoms with van der Waals surface area (Å²) < 4.78 is 0. The lowest BCUT2D eigenvalue weighted by Gasteiger charge is -2.05. The van der Waals surface area contributed by atoms with E-state index in [1.165, 1.54) is 27.6 Å². The van der Waals surface area contributed by atoms with Crippen molar-refractivity contribution in [2.45, 2.75) is 20.3 Å². The average molecular weight is 306 g/mol. The molecule has 0 atom stereocenters. The first kappa shape index (κ1) is 15.2. The number of aryl methyl sites for hydroxylation is 2. The van der Waals surface area contributed by atoms with Crippen LogP contribution in [-0.4, -0.2) is 17.5 Å². The van der Waals surface area contributed by atoms with Gasteiger partial charge in [-0.25, -0.2) is 0 Å². The quantitative estimate of drug-likeness (QED) is 0.507. The summed E-state index contributed by atoms with van der Waals surface area (Å²) in [6.45, 7) is 4.82. The van der Waals surface area contributed by atoms with Crippen LogP contribution in [0.4, 0.5) is 5.69 Å². The third-order valence-corrected chi connectivity index (χ3v) is 3.91. The van der Waals surface area contributed by atoms with Crippen molar-refractivity contribution in [3.05, 3.63) is 65.4 Å². The number of anilines is 1. The van der Waals surface area contributed by atoms with Gasteiger partial charge in [0.05, 0.1) is 0 Å². The molecule has 118 valence electrons. The van der Waals surface area contributed by atoms with Crippen LogP contribution >= 0.6 is 0 Å². The Labute approximate surface area is 136 Å². The second-order valence-electron chi connectivity index (χ2n) is 5.87. The fourth-order valence-electron chi connectivity index (χ4n) is 2.63. The van der Waals surface area contributed by atoms with Gasteiger partial charge in [0.1, 0.15) is 0 Å². The topological polar surface area (TPSA) is 66.2 Å². The highest BCUT2D eigenvalue weighted by atomic mass is 15.1. The van der Waals surface area contributed by atoms with Crippen molar-refractivity contribution in [3.8, 4) is 0 Å². The molecule has 0 aliphatic rings. The van der Waals surface area contributed by atoms with Crippen molar-refractivity contribution in [2.24, 2.45) is 10.7 Å². The SMILES string of the molecule is Cc1ccc(NC(N)=NCCc2c[nH]c3cc(C)ccc23)cc1. The van der Waals surface area contributed by atoms with E-state index in [9.17, 15) is 0 Å². The third-order valence-electron chi connectivity index (χ3n) is 3.91. The van der Waals surface area contributed by atoms with Crippen molar-refractivity contribution in [3.63, 3.8) is 0 Å². The number of H-pyrrole nitrogens is 1. The molecule has 0 bridgehead atoms. The lowest BCUT2D eigenvalue weighted by atomic mass is 10.1. The van der Waals surface area contributed by atoms with Gasteiger partial charge in [0.15, 0.2) is 5.96 Å². The number of rotatable bonds is 4. The molecule has 23 heavy (non-hydrogen) atoms. The predicted molar refractivity (Wildman–Crippen MR) is 98.0 cm³/mol. The normalized spacial score (nSPS) is 11.8. The highest BCUT2D eigenvalue weighted by Crippen LogP contribution is 2.19. The summed E-state index contributed by atoms with van der Waals surface area (Å²) in [6.07, 6.45) is 2.92. The van der Waals surface area contributed by atoms with Crippen LogP contribution in [0.1, 0.15) is 16.7 Å². The lowest BCUT2D eigenvalue weighted by molar-refractivity contribution is 0.972. The summed E-state index contributed by atoms with van der Waals surface area (Å²) >= 11 is 0. The van der Waals surface area contributed by atoms with E-state index in [2.05, 4.69) is 53.5 Å². The van der Waals surface area contributed by atoms with Gasteiger partial charge < -0.3 is 16.0 Å². The molecular formula is C19H22N4. The highest BCUT2D eigenvalue weighted by molar-refractivity contribution is 5.92. The van der Waals surface area contributed by atoms with Crippen molar-refractivity contribution >= 4 is 22.5 Å². The fourth-order valence-corrected chi connectivity index (χ4v) is 2.63. The molecule has 2 aromatic carbocycles. The summed E-state index contributed by atoms with van der Waals surface area (Å²) in [4.78, 5) is 7.73. The van der Waals surface area contributed by atoms with Gasteiger partial charge in [0.25, 0.3) is 0 Å². The minimum atomic E-state index is 0.449. The van der Waals surface area contributed by atoms with Gasteiger partial charge in [-0.05, 0) is 49.6 Å². The van der Waals surface area contributed by atoms with E-state index in [4.69, 9.17) is 5.73 Å². The van der Waals surface area contributed by atoms with Gasteiger partial charge in [-0.3, -0.25) is 4.99 Å². The number of nitrogens with one attached hydrogen (secondary N) is 2. The number of nitrogens with zero attached hydrogens (tertiary/aromatic N) is 1. The van der Waals surface area contributed by atoms with Crippen LogP contribution in [-0.2, 0) is 6.42 Å². The van der Waals surface area contributed by atoms with Crippen LogP contribution < -0.4 is 11.1 Å². The molecule has 0 fully saturated rings. The number of aromatic nitrogens is 1. The number of benzene rings is 2. The summed E-state index contributed by atoms with van der Waals surface area (Å²) in [5.41, 5.74) is 11.8. The molecule has 0 aliphatic carbocycles. The Morgan fingerprint density at radius 1 is 1.09 bits per heavy atom. The molecule has 0 radical (unpaired) electrons. The summed E-state index contributed by atoms with van der Waals surface area (Å²) in [5.74, 6) is 0.449. The van der Waals surface area contributed by atoms with Gasteiger partial charge in [0, 0.05) is 29.3 Å². The molecule has 0 saturated heterocycles. The number of aromatic amines is 1. The summed E-state index contributed by atoms with van der Waals surface area (Å²) in [5, 5.41) is 4.37. The largest absolute Gasteiger partial charge is 0.370 e. The van der Waals surface area contributed by atoms with E-state index >= 15 is 0 Å². The van der Waals surface area contributed by atoms with Crippen LogP contribution in [0.25, 0.3) is 10.9 Å². The van der Waals surface area contributed by atoms with Gasteiger partial charge in [-0.15, -0.1) is 0 Å². The first-order chi connectivity index (χ1) is 11.1. The molecule has 0 unspecified atom stereocenters. The van der Waals surface area contributed by atoms with Crippen LogP contribution in [0.5, 0.6) is 0 Å². The molecular weight excluding hydrogens is 284 g/mol. The van der Waals surface area contributed by atoms with E-state index < -0.39 is 0 Å². The molecule has 3 rings (SSSR count). The molecule has 4 N–H and O–H groups in total. The zero-order chi connectivity index (χ0) is 16.2. The first-order valence-electron chi connectivity index (χ1n) is 7.82. The second kappa shape index (κ2) is 6.57. The van der Waals surface area contributed by atoms with Crippen LogP contribution in [0, 0.1) is 13.8 Å². The minimum absolute atomic E-state index is 0.449. The Balaban J connectivity index is 1.62. The first-order valence-corrected chi connectivity index (χ1v) is 7.82. The monoisotopic (exact) mass is 306 g/mol. The number of hydrogen-bond acceptors (Lipinski definition) is 1. The Morgan fingerprint density at radius 3 is 2.61 bits per heavy atom. The summed E-state index contributed by atoms with van der Waals surface area (Å²) in [7, 11) is 0.